The van der Waals surface area contributed by atoms with Crippen LogP contribution in [0, 0.1) is 113 Å². The summed E-state index contributed by atoms with van der Waals surface area (Å²) in [6.07, 6.45) is 24.9. The zero-order valence-electron chi connectivity index (χ0n) is 47.4. The molecule has 0 heterocycles. The summed E-state index contributed by atoms with van der Waals surface area (Å²) in [5.74, 6) is 6.66. The van der Waals surface area contributed by atoms with Crippen molar-refractivity contribution in [1.29, 1.82) is 0 Å². The van der Waals surface area contributed by atoms with Crippen LogP contribution in [0.3, 0.4) is 0 Å². The SMILES string of the molecule is C=C(C)[C@@H]1CC[C@]2(C=O)CC[C@]3(C)C(CCC4[C@@]5(C)CCC(=O)C(C)(C)C5CC[C@]43C)C12.C=C(C)[C@@H]1CC[C@]2(CO)CC[C@]3(C)C(CCC4[C@@]5(C)CC[C@H](O)C(C)(C)C5CC[C@]43C)C12.CPC.ClCCl. The molecule has 400 valence electrons. The van der Waals surface area contributed by atoms with Crippen molar-refractivity contribution >= 4 is 43.9 Å². The first-order valence-corrected chi connectivity index (χ1v) is 31.9. The van der Waals surface area contributed by atoms with Gasteiger partial charge >= 0.3 is 0 Å². The molecule has 70 heavy (non-hydrogen) atoms. The number of ketones is 1. The Hall–Kier alpha value is -0.250. The van der Waals surface area contributed by atoms with Gasteiger partial charge in [-0.3, -0.25) is 4.79 Å². The van der Waals surface area contributed by atoms with Crippen molar-refractivity contribution in [1.82, 2.24) is 0 Å². The van der Waals surface area contributed by atoms with Crippen LogP contribution in [-0.2, 0) is 9.59 Å². The third-order valence-electron chi connectivity index (χ3n) is 26.6. The molecule has 0 spiro atoms. The third kappa shape index (κ3) is 8.21. The quantitative estimate of drug-likeness (QED) is 0.127. The van der Waals surface area contributed by atoms with Crippen LogP contribution < -0.4 is 0 Å². The second-order valence-electron chi connectivity index (χ2n) is 29.4. The van der Waals surface area contributed by atoms with Crippen molar-refractivity contribution in [2.75, 3.05) is 25.3 Å². The first-order chi connectivity index (χ1) is 32.6. The van der Waals surface area contributed by atoms with Crippen molar-refractivity contribution in [2.24, 2.45) is 113 Å². The summed E-state index contributed by atoms with van der Waals surface area (Å²) in [5.41, 5.74) is 4.47. The Morgan fingerprint density at radius 2 is 1.07 bits per heavy atom. The molecule has 2 N–H and O–H groups in total. The van der Waals surface area contributed by atoms with Crippen molar-refractivity contribution in [3.63, 3.8) is 0 Å². The third-order valence-corrected chi connectivity index (χ3v) is 26.6. The van der Waals surface area contributed by atoms with Crippen molar-refractivity contribution in [2.45, 2.75) is 218 Å². The highest BCUT2D eigenvalue weighted by atomic mass is 35.5. The summed E-state index contributed by atoms with van der Waals surface area (Å²) in [7, 11) is 1.08. The number of carbonyl (C=O) groups excluding carboxylic acids is 2. The first kappa shape index (κ1) is 57.5. The second kappa shape index (κ2) is 20.0. The van der Waals surface area contributed by atoms with E-state index >= 15 is 0 Å². The van der Waals surface area contributed by atoms with Gasteiger partial charge in [0.15, 0.2) is 0 Å². The lowest BCUT2D eigenvalue weighted by atomic mass is 9.32. The minimum Gasteiger partial charge on any atom is -0.396 e. The molecule has 19 atom stereocenters. The molecule has 0 radical (unpaired) electrons. The normalized spacial score (nSPS) is 51.1. The maximum Gasteiger partial charge on any atom is 0.138 e. The molecule has 7 heteroatoms. The number of aldehydes is 1. The van der Waals surface area contributed by atoms with E-state index in [1.165, 1.54) is 107 Å². The summed E-state index contributed by atoms with van der Waals surface area (Å²) in [6, 6.07) is 0. The summed E-state index contributed by atoms with van der Waals surface area (Å²) in [6.45, 7) is 42.9. The van der Waals surface area contributed by atoms with Gasteiger partial charge in [0.2, 0.25) is 0 Å². The fourth-order valence-corrected chi connectivity index (χ4v) is 22.8. The molecule has 10 fully saturated rings. The molecule has 10 aliphatic carbocycles. The highest BCUT2D eigenvalue weighted by Gasteiger charge is 2.73. The molecule has 4 nitrogen and oxygen atoms in total. The fourth-order valence-electron chi connectivity index (χ4n) is 22.8. The van der Waals surface area contributed by atoms with Gasteiger partial charge in [0.1, 0.15) is 12.1 Å². The summed E-state index contributed by atoms with van der Waals surface area (Å²) >= 11 is 9.53. The topological polar surface area (TPSA) is 74.6 Å². The average molecular weight is 1030 g/mol. The molecule has 0 saturated heterocycles. The molecule has 0 bridgehead atoms. The van der Waals surface area contributed by atoms with E-state index in [1.54, 1.807) is 0 Å². The van der Waals surface area contributed by atoms with Gasteiger partial charge in [0, 0.05) is 23.9 Å². The number of fused-ring (bicyclic) bond motifs is 14. The highest BCUT2D eigenvalue weighted by molar-refractivity contribution is 7.35. The van der Waals surface area contributed by atoms with E-state index in [1.807, 2.05) is 0 Å². The summed E-state index contributed by atoms with van der Waals surface area (Å²) in [4.78, 5) is 25.4. The Kier molecular flexibility index (Phi) is 16.4. The van der Waals surface area contributed by atoms with Crippen molar-refractivity contribution in [3.05, 3.63) is 24.3 Å². The lowest BCUT2D eigenvalue weighted by Crippen LogP contribution is -2.66. The monoisotopic (exact) mass is 1030 g/mol. The van der Waals surface area contributed by atoms with Gasteiger partial charge in [-0.25, -0.2) is 0 Å². The number of aliphatic hydroxyl groups excluding tert-OH is 2. The largest absolute Gasteiger partial charge is 0.396 e. The van der Waals surface area contributed by atoms with Crippen LogP contribution in [0.5, 0.6) is 0 Å². The Balaban J connectivity index is 0.000000186. The van der Waals surface area contributed by atoms with Gasteiger partial charge in [0.05, 0.1) is 11.4 Å². The number of allylic oxidation sites excluding steroid dienone is 2. The van der Waals surface area contributed by atoms with E-state index in [0.717, 1.165) is 58.9 Å². The zero-order chi connectivity index (χ0) is 52.1. The lowest BCUT2D eigenvalue weighted by molar-refractivity contribution is -0.249. The predicted octanol–water partition coefficient (Wildman–Crippen LogP) is 16.8. The molecule has 0 aliphatic heterocycles. The number of hydrogen-bond acceptors (Lipinski definition) is 4. The van der Waals surface area contributed by atoms with Gasteiger partial charge < -0.3 is 15.0 Å². The molecular weight excluding hydrogens is 923 g/mol. The Morgan fingerprint density at radius 1 is 0.600 bits per heavy atom. The number of aliphatic hydroxyl groups is 2. The molecule has 10 aliphatic rings. The van der Waals surface area contributed by atoms with Crippen LogP contribution in [0.1, 0.15) is 212 Å². The van der Waals surface area contributed by atoms with E-state index in [9.17, 15) is 19.8 Å². The molecule has 0 amide bonds. The molecule has 0 aromatic heterocycles. The molecule has 0 aromatic carbocycles. The Morgan fingerprint density at radius 3 is 1.59 bits per heavy atom. The fraction of sp³-hybridized carbons (Fsp3) is 0.905. The second-order valence-corrected chi connectivity index (χ2v) is 31.2. The smallest absolute Gasteiger partial charge is 0.138 e. The van der Waals surface area contributed by atoms with Crippen LogP contribution in [0.15, 0.2) is 24.3 Å². The van der Waals surface area contributed by atoms with E-state index in [2.05, 4.69) is 110 Å². The standard InChI is InChI=1S/C30H50O2.C30H46O2.C2H7P.CH2Cl2/c2*1-19(2)20-10-15-30(18-31)17-16-28(6)21(25(20)30)8-9-23-27(5)13-12-24(32)26(3,4)22(27)11-14-29(23,28)7;1-3-2;2-1-3/h20-25,31-32H,1,8-18H2,2-7H3;18,20-23,25H,1,8-17H2,2-7H3;3H,1-2H3;1H2/t20-,21?,22?,23?,24-,25?,27-,28+,29+,30+;20-,21?,22?,23?,25?,27-,28+,29+,30+;;/m00../s1. The van der Waals surface area contributed by atoms with Gasteiger partial charge in [-0.1, -0.05) is 93.5 Å². The van der Waals surface area contributed by atoms with Crippen molar-refractivity contribution in [3.8, 4) is 0 Å². The summed E-state index contributed by atoms with van der Waals surface area (Å²) in [5, 5.41) is 21.7. The van der Waals surface area contributed by atoms with E-state index in [0.29, 0.717) is 81.4 Å². The number of Topliss-reactive ketones (excluding diaryl/α,β-unsaturated/α-hetero) is 1. The maximum atomic E-state index is 12.9. The predicted molar refractivity (Wildman–Crippen MR) is 299 cm³/mol. The average Bonchev–Trinajstić information content (AvgIpc) is 3.89. The summed E-state index contributed by atoms with van der Waals surface area (Å²) < 4.78 is 0. The van der Waals surface area contributed by atoms with Gasteiger partial charge in [0.25, 0.3) is 0 Å². The number of alkyl halides is 2. The lowest BCUT2D eigenvalue weighted by Gasteiger charge is -2.73. The molecule has 8 unspecified atom stereocenters. The van der Waals surface area contributed by atoms with Crippen molar-refractivity contribution < 1.29 is 19.8 Å². The minimum atomic E-state index is -0.179. The maximum absolute atomic E-state index is 12.9. The Bertz CT molecular complexity index is 1960. The van der Waals surface area contributed by atoms with Gasteiger partial charge in [-0.2, -0.15) is 0 Å². The number of halogens is 2. The van der Waals surface area contributed by atoms with E-state index in [-0.39, 0.29) is 43.9 Å². The van der Waals surface area contributed by atoms with Gasteiger partial charge in [-0.15, -0.1) is 31.8 Å². The van der Waals surface area contributed by atoms with Gasteiger partial charge in [-0.05, 0) is 252 Å². The van der Waals surface area contributed by atoms with Crippen LogP contribution >= 0.6 is 31.8 Å². The number of rotatable bonds is 4. The molecule has 0 aromatic rings. The number of carbonyl (C=O) groups is 2. The van der Waals surface area contributed by atoms with Crippen LogP contribution in [0.2, 0.25) is 0 Å². The Labute approximate surface area is 441 Å². The first-order valence-electron chi connectivity index (χ1n) is 28.9. The zero-order valence-corrected chi connectivity index (χ0v) is 49.9. The molecular formula is C63H105Cl2O4P. The van der Waals surface area contributed by atoms with Crippen LogP contribution in [0.25, 0.3) is 0 Å². The van der Waals surface area contributed by atoms with Crippen LogP contribution in [0.4, 0.5) is 0 Å². The molecule has 10 saturated carbocycles. The van der Waals surface area contributed by atoms with E-state index in [4.69, 9.17) is 23.2 Å². The number of hydrogen-bond donors (Lipinski definition) is 2. The van der Waals surface area contributed by atoms with E-state index < -0.39 is 0 Å². The minimum absolute atomic E-state index is 0.0290. The highest BCUT2D eigenvalue weighted by Crippen LogP contribution is 2.79. The molecule has 10 rings (SSSR count). The van der Waals surface area contributed by atoms with Crippen LogP contribution in [-0.4, -0.2) is 53.7 Å².